The molecule has 0 saturated heterocycles. The Kier molecular flexibility index (Phi) is 9.66. The van der Waals surface area contributed by atoms with Crippen LogP contribution in [0.1, 0.15) is 95.7 Å². The Hall–Kier alpha value is -1.90. The van der Waals surface area contributed by atoms with Crippen LogP contribution in [0, 0.1) is 5.92 Å². The maximum atomic E-state index is 5.91. The highest BCUT2D eigenvalue weighted by atomic mass is 16.5. The highest BCUT2D eigenvalue weighted by Crippen LogP contribution is 2.29. The molecule has 1 aliphatic rings. The normalized spacial score (nSPS) is 15.7. The van der Waals surface area contributed by atoms with Gasteiger partial charge >= 0.3 is 0 Å². The SMILES string of the molecule is CCCCCCCCOc1ccc(-c2ncc3c(n2)CCC(CCCCC)C3)cc1. The Labute approximate surface area is 183 Å². The molecule has 0 N–H and O–H groups in total. The van der Waals surface area contributed by atoms with E-state index in [-0.39, 0.29) is 0 Å². The quantitative estimate of drug-likeness (QED) is 0.321. The second kappa shape index (κ2) is 12.7. The van der Waals surface area contributed by atoms with Gasteiger partial charge in [-0.1, -0.05) is 71.6 Å². The number of nitrogens with zero attached hydrogens (tertiary/aromatic N) is 2. The van der Waals surface area contributed by atoms with Crippen molar-refractivity contribution < 1.29 is 4.74 Å². The smallest absolute Gasteiger partial charge is 0.159 e. The zero-order chi connectivity index (χ0) is 21.0. The van der Waals surface area contributed by atoms with Crippen LogP contribution in [0.2, 0.25) is 0 Å². The zero-order valence-electron chi connectivity index (χ0n) is 19.2. The van der Waals surface area contributed by atoms with Crippen LogP contribution < -0.4 is 4.74 Å². The summed E-state index contributed by atoms with van der Waals surface area (Å²) in [5, 5.41) is 0. The summed E-state index contributed by atoms with van der Waals surface area (Å²) in [6.07, 6.45) is 18.7. The van der Waals surface area contributed by atoms with Gasteiger partial charge in [-0.3, -0.25) is 0 Å². The lowest BCUT2D eigenvalue weighted by Gasteiger charge is -2.23. The Bertz CT molecular complexity index is 741. The molecule has 1 heterocycles. The molecule has 0 amide bonds. The highest BCUT2D eigenvalue weighted by Gasteiger charge is 2.20. The van der Waals surface area contributed by atoms with Crippen molar-refractivity contribution in [3.8, 4) is 17.1 Å². The van der Waals surface area contributed by atoms with E-state index in [1.165, 1.54) is 75.5 Å². The first-order valence-electron chi connectivity index (χ1n) is 12.4. The molecule has 3 nitrogen and oxygen atoms in total. The minimum Gasteiger partial charge on any atom is -0.494 e. The maximum absolute atomic E-state index is 5.91. The molecular weight excluding hydrogens is 368 g/mol. The number of benzene rings is 1. The Morgan fingerprint density at radius 3 is 2.43 bits per heavy atom. The van der Waals surface area contributed by atoms with Crippen molar-refractivity contribution in [3.63, 3.8) is 0 Å². The first-order valence-corrected chi connectivity index (χ1v) is 12.4. The highest BCUT2D eigenvalue weighted by molar-refractivity contribution is 5.56. The third kappa shape index (κ3) is 7.11. The van der Waals surface area contributed by atoms with Crippen molar-refractivity contribution in [1.82, 2.24) is 9.97 Å². The average molecular weight is 409 g/mol. The molecule has 0 aliphatic heterocycles. The summed E-state index contributed by atoms with van der Waals surface area (Å²) >= 11 is 0. The van der Waals surface area contributed by atoms with Gasteiger partial charge in [-0.25, -0.2) is 9.97 Å². The lowest BCUT2D eigenvalue weighted by molar-refractivity contribution is 0.304. The van der Waals surface area contributed by atoms with Crippen molar-refractivity contribution in [3.05, 3.63) is 41.7 Å². The second-order valence-corrected chi connectivity index (χ2v) is 8.91. The number of aromatic nitrogens is 2. The van der Waals surface area contributed by atoms with E-state index in [9.17, 15) is 0 Å². The van der Waals surface area contributed by atoms with Gasteiger partial charge in [0.1, 0.15) is 5.75 Å². The first-order chi connectivity index (χ1) is 14.8. The fraction of sp³-hybridized carbons (Fsp3) is 0.630. The van der Waals surface area contributed by atoms with Crippen LogP contribution in [-0.2, 0) is 12.8 Å². The molecular formula is C27H40N2O. The van der Waals surface area contributed by atoms with E-state index in [1.807, 2.05) is 0 Å². The van der Waals surface area contributed by atoms with Crippen LogP contribution in [0.3, 0.4) is 0 Å². The Balaban J connectivity index is 1.47. The molecule has 3 rings (SSSR count). The molecule has 1 aromatic carbocycles. The van der Waals surface area contributed by atoms with Crippen molar-refractivity contribution in [2.75, 3.05) is 6.61 Å². The molecule has 0 fully saturated rings. The van der Waals surface area contributed by atoms with Gasteiger partial charge in [0.05, 0.1) is 6.61 Å². The van der Waals surface area contributed by atoms with Crippen LogP contribution in [0.25, 0.3) is 11.4 Å². The molecule has 2 aromatic rings. The van der Waals surface area contributed by atoms with Gasteiger partial charge in [-0.05, 0) is 61.4 Å². The zero-order valence-corrected chi connectivity index (χ0v) is 19.2. The summed E-state index contributed by atoms with van der Waals surface area (Å²) in [7, 11) is 0. The van der Waals surface area contributed by atoms with Crippen LogP contribution in [0.15, 0.2) is 30.5 Å². The molecule has 0 radical (unpaired) electrons. The molecule has 0 spiro atoms. The summed E-state index contributed by atoms with van der Waals surface area (Å²) in [6, 6.07) is 8.29. The predicted octanol–water partition coefficient (Wildman–Crippen LogP) is 7.57. The standard InChI is InChI=1S/C27H40N2O/c1-3-5-7-8-9-11-19-30-25-16-14-23(15-17-25)27-28-21-24-20-22(12-10-6-4-2)13-18-26(24)29-27/h14-17,21-22H,3-13,18-20H2,1-2H3. The topological polar surface area (TPSA) is 35.0 Å². The molecule has 30 heavy (non-hydrogen) atoms. The van der Waals surface area contributed by atoms with Crippen molar-refractivity contribution in [1.29, 1.82) is 0 Å². The van der Waals surface area contributed by atoms with Crippen LogP contribution in [0.5, 0.6) is 5.75 Å². The van der Waals surface area contributed by atoms with E-state index >= 15 is 0 Å². The van der Waals surface area contributed by atoms with Crippen molar-refractivity contribution >= 4 is 0 Å². The maximum Gasteiger partial charge on any atom is 0.159 e. The van der Waals surface area contributed by atoms with Gasteiger partial charge in [0, 0.05) is 17.5 Å². The molecule has 1 aliphatic carbocycles. The van der Waals surface area contributed by atoms with Crippen LogP contribution in [-0.4, -0.2) is 16.6 Å². The van der Waals surface area contributed by atoms with E-state index in [1.54, 1.807) is 0 Å². The van der Waals surface area contributed by atoms with Gasteiger partial charge in [-0.15, -0.1) is 0 Å². The second-order valence-electron chi connectivity index (χ2n) is 8.91. The van der Waals surface area contributed by atoms with Gasteiger partial charge in [0.2, 0.25) is 0 Å². The van der Waals surface area contributed by atoms with E-state index < -0.39 is 0 Å². The van der Waals surface area contributed by atoms with E-state index in [4.69, 9.17) is 9.72 Å². The molecule has 1 unspecified atom stereocenters. The molecule has 164 valence electrons. The summed E-state index contributed by atoms with van der Waals surface area (Å²) in [5.41, 5.74) is 3.70. The lowest BCUT2D eigenvalue weighted by atomic mass is 9.84. The average Bonchev–Trinajstić information content (AvgIpc) is 2.79. The summed E-state index contributed by atoms with van der Waals surface area (Å²) in [4.78, 5) is 9.58. The fourth-order valence-corrected chi connectivity index (χ4v) is 4.42. The minimum atomic E-state index is 0.806. The van der Waals surface area contributed by atoms with Gasteiger partial charge < -0.3 is 4.74 Å². The summed E-state index contributed by atoms with van der Waals surface area (Å²) < 4.78 is 5.91. The van der Waals surface area contributed by atoms with Crippen LogP contribution >= 0.6 is 0 Å². The largest absolute Gasteiger partial charge is 0.494 e. The Morgan fingerprint density at radius 2 is 1.63 bits per heavy atom. The van der Waals surface area contributed by atoms with Crippen molar-refractivity contribution in [2.45, 2.75) is 97.3 Å². The number of hydrogen-bond donors (Lipinski definition) is 0. The van der Waals surface area contributed by atoms with E-state index in [2.05, 4.69) is 49.3 Å². The molecule has 1 aromatic heterocycles. The van der Waals surface area contributed by atoms with Gasteiger partial charge in [0.15, 0.2) is 5.82 Å². The minimum absolute atomic E-state index is 0.806. The first kappa shape index (κ1) is 22.8. The molecule has 0 saturated carbocycles. The molecule has 1 atom stereocenters. The monoisotopic (exact) mass is 408 g/mol. The number of rotatable bonds is 13. The van der Waals surface area contributed by atoms with E-state index in [0.29, 0.717) is 0 Å². The van der Waals surface area contributed by atoms with E-state index in [0.717, 1.165) is 48.9 Å². The fourth-order valence-electron chi connectivity index (χ4n) is 4.42. The summed E-state index contributed by atoms with van der Waals surface area (Å²) in [5.74, 6) is 2.61. The molecule has 0 bridgehead atoms. The number of ether oxygens (including phenoxy) is 1. The number of unbranched alkanes of at least 4 members (excludes halogenated alkanes) is 7. The third-order valence-corrected chi connectivity index (χ3v) is 6.35. The number of fused-ring (bicyclic) bond motifs is 1. The van der Waals surface area contributed by atoms with Crippen molar-refractivity contribution in [2.24, 2.45) is 5.92 Å². The summed E-state index contributed by atoms with van der Waals surface area (Å²) in [6.45, 7) is 5.34. The van der Waals surface area contributed by atoms with Gasteiger partial charge in [0.25, 0.3) is 0 Å². The van der Waals surface area contributed by atoms with Crippen LogP contribution in [0.4, 0.5) is 0 Å². The number of hydrogen-bond acceptors (Lipinski definition) is 3. The predicted molar refractivity (Wildman–Crippen MR) is 126 cm³/mol. The lowest BCUT2D eigenvalue weighted by Crippen LogP contribution is -2.16. The third-order valence-electron chi connectivity index (χ3n) is 6.35. The van der Waals surface area contributed by atoms with Gasteiger partial charge in [-0.2, -0.15) is 0 Å². The Morgan fingerprint density at radius 1 is 0.900 bits per heavy atom. The molecule has 3 heteroatoms. The number of aryl methyl sites for hydroxylation is 1.